The standard InChI is InChI=1S/C15H22N4O2/c1-11-9-17-15(8-14(11)19(20)21)18(13-2-3-13)10-12-4-6-16-7-5-12/h8-9,12-13,16H,2-7,10H2,1H3. The minimum Gasteiger partial charge on any atom is -0.353 e. The Kier molecular flexibility index (Phi) is 4.05. The molecule has 0 unspecified atom stereocenters. The minimum atomic E-state index is -0.309. The molecule has 1 aromatic rings. The van der Waals surface area contributed by atoms with Crippen LogP contribution in [-0.2, 0) is 0 Å². The van der Waals surface area contributed by atoms with E-state index in [0.717, 1.165) is 25.5 Å². The predicted molar refractivity (Wildman–Crippen MR) is 81.6 cm³/mol. The smallest absolute Gasteiger partial charge is 0.277 e. The molecule has 0 aromatic carbocycles. The van der Waals surface area contributed by atoms with Crippen molar-refractivity contribution in [3.8, 4) is 0 Å². The summed E-state index contributed by atoms with van der Waals surface area (Å²) in [6.07, 6.45) is 6.34. The lowest BCUT2D eigenvalue weighted by Crippen LogP contribution is -2.37. The summed E-state index contributed by atoms with van der Waals surface area (Å²) in [5, 5.41) is 14.5. The lowest BCUT2D eigenvalue weighted by molar-refractivity contribution is -0.385. The first-order valence-electron chi connectivity index (χ1n) is 7.73. The summed E-state index contributed by atoms with van der Waals surface area (Å²) in [4.78, 5) is 17.6. The third-order valence-corrected chi connectivity index (χ3v) is 4.45. The Hall–Kier alpha value is -1.69. The molecule has 2 heterocycles. The molecule has 6 heteroatoms. The van der Waals surface area contributed by atoms with E-state index in [9.17, 15) is 10.1 Å². The van der Waals surface area contributed by atoms with Gasteiger partial charge in [-0.2, -0.15) is 0 Å². The summed E-state index contributed by atoms with van der Waals surface area (Å²) in [5.41, 5.74) is 0.803. The fourth-order valence-electron chi connectivity index (χ4n) is 3.01. The zero-order valence-corrected chi connectivity index (χ0v) is 12.4. The van der Waals surface area contributed by atoms with Crippen LogP contribution in [0.5, 0.6) is 0 Å². The molecule has 6 nitrogen and oxygen atoms in total. The minimum absolute atomic E-state index is 0.177. The van der Waals surface area contributed by atoms with Crippen molar-refractivity contribution in [2.24, 2.45) is 5.92 Å². The van der Waals surface area contributed by atoms with E-state index in [2.05, 4.69) is 15.2 Å². The summed E-state index contributed by atoms with van der Waals surface area (Å²) in [5.74, 6) is 1.43. The van der Waals surface area contributed by atoms with Gasteiger partial charge in [-0.1, -0.05) is 0 Å². The first-order chi connectivity index (χ1) is 10.1. The van der Waals surface area contributed by atoms with Crippen molar-refractivity contribution in [2.75, 3.05) is 24.5 Å². The van der Waals surface area contributed by atoms with E-state index in [0.29, 0.717) is 17.5 Å². The molecule has 2 aliphatic rings. The molecule has 3 rings (SSSR count). The van der Waals surface area contributed by atoms with Gasteiger partial charge in [0.05, 0.1) is 11.0 Å². The van der Waals surface area contributed by atoms with Crippen molar-refractivity contribution in [3.05, 3.63) is 27.9 Å². The fraction of sp³-hybridized carbons (Fsp3) is 0.667. The lowest BCUT2D eigenvalue weighted by Gasteiger charge is -2.31. The molecule has 1 saturated heterocycles. The van der Waals surface area contributed by atoms with Crippen LogP contribution in [0, 0.1) is 23.0 Å². The van der Waals surface area contributed by atoms with E-state index in [1.807, 2.05) is 0 Å². The molecule has 1 aromatic heterocycles. The monoisotopic (exact) mass is 290 g/mol. The Labute approximate surface area is 124 Å². The first kappa shape index (κ1) is 14.3. The van der Waals surface area contributed by atoms with Crippen LogP contribution >= 0.6 is 0 Å². The highest BCUT2D eigenvalue weighted by molar-refractivity contribution is 5.52. The molecular weight excluding hydrogens is 268 g/mol. The third kappa shape index (κ3) is 3.32. The Balaban J connectivity index is 1.80. The van der Waals surface area contributed by atoms with Crippen molar-refractivity contribution in [1.82, 2.24) is 10.3 Å². The van der Waals surface area contributed by atoms with E-state index in [1.165, 1.54) is 25.7 Å². The van der Waals surface area contributed by atoms with Crippen molar-refractivity contribution in [1.29, 1.82) is 0 Å². The van der Waals surface area contributed by atoms with Crippen LogP contribution in [0.3, 0.4) is 0 Å². The second-order valence-corrected chi connectivity index (χ2v) is 6.16. The van der Waals surface area contributed by atoms with Crippen LogP contribution in [0.2, 0.25) is 0 Å². The van der Waals surface area contributed by atoms with Gasteiger partial charge in [0.1, 0.15) is 5.82 Å². The molecule has 1 saturated carbocycles. The van der Waals surface area contributed by atoms with Crippen molar-refractivity contribution in [3.63, 3.8) is 0 Å². The Bertz CT molecular complexity index is 524. The molecule has 0 spiro atoms. The second-order valence-electron chi connectivity index (χ2n) is 6.16. The highest BCUT2D eigenvalue weighted by atomic mass is 16.6. The highest BCUT2D eigenvalue weighted by Crippen LogP contribution is 2.34. The number of hydrogen-bond donors (Lipinski definition) is 1. The molecule has 0 bridgehead atoms. The second kappa shape index (κ2) is 5.97. The van der Waals surface area contributed by atoms with Crippen molar-refractivity contribution < 1.29 is 4.92 Å². The number of nitrogens with one attached hydrogen (secondary N) is 1. The summed E-state index contributed by atoms with van der Waals surface area (Å²) in [6.45, 7) is 4.86. The van der Waals surface area contributed by atoms with Crippen molar-refractivity contribution >= 4 is 11.5 Å². The van der Waals surface area contributed by atoms with Gasteiger partial charge in [-0.25, -0.2) is 4.98 Å². The number of hydrogen-bond acceptors (Lipinski definition) is 5. The third-order valence-electron chi connectivity index (χ3n) is 4.45. The average Bonchev–Trinajstić information content (AvgIpc) is 3.31. The number of aromatic nitrogens is 1. The van der Waals surface area contributed by atoms with Gasteiger partial charge >= 0.3 is 0 Å². The quantitative estimate of drug-likeness (QED) is 0.665. The molecule has 1 aliphatic carbocycles. The van der Waals surface area contributed by atoms with E-state index in [1.54, 1.807) is 19.2 Å². The van der Waals surface area contributed by atoms with Gasteiger partial charge in [-0.05, 0) is 51.6 Å². The summed E-state index contributed by atoms with van der Waals surface area (Å²) >= 11 is 0. The van der Waals surface area contributed by atoms with Crippen LogP contribution in [-0.4, -0.2) is 35.6 Å². The van der Waals surface area contributed by atoms with Crippen LogP contribution in [0.4, 0.5) is 11.5 Å². The molecule has 114 valence electrons. The SMILES string of the molecule is Cc1cnc(N(CC2CCNCC2)C2CC2)cc1[N+](=O)[O-]. The molecule has 0 radical (unpaired) electrons. The highest BCUT2D eigenvalue weighted by Gasteiger charge is 2.32. The Morgan fingerprint density at radius 1 is 1.38 bits per heavy atom. The maximum absolute atomic E-state index is 11.1. The Morgan fingerprint density at radius 2 is 2.10 bits per heavy atom. The van der Waals surface area contributed by atoms with Gasteiger partial charge in [-0.15, -0.1) is 0 Å². The predicted octanol–water partition coefficient (Wildman–Crippen LogP) is 2.27. The number of aryl methyl sites for hydroxylation is 1. The lowest BCUT2D eigenvalue weighted by atomic mass is 9.97. The summed E-state index contributed by atoms with van der Waals surface area (Å²) in [6, 6.07) is 2.17. The van der Waals surface area contributed by atoms with E-state index < -0.39 is 0 Å². The number of nitro groups is 1. The van der Waals surface area contributed by atoms with Gasteiger partial charge in [0.15, 0.2) is 0 Å². The van der Waals surface area contributed by atoms with Gasteiger partial charge in [-0.3, -0.25) is 10.1 Å². The maximum Gasteiger partial charge on any atom is 0.277 e. The van der Waals surface area contributed by atoms with Gasteiger partial charge in [0.25, 0.3) is 5.69 Å². The van der Waals surface area contributed by atoms with Crippen LogP contribution < -0.4 is 10.2 Å². The average molecular weight is 290 g/mol. The van der Waals surface area contributed by atoms with Crippen LogP contribution in [0.25, 0.3) is 0 Å². The number of rotatable bonds is 5. The van der Waals surface area contributed by atoms with E-state index in [-0.39, 0.29) is 10.6 Å². The number of piperidine rings is 1. The van der Waals surface area contributed by atoms with Crippen LogP contribution in [0.1, 0.15) is 31.2 Å². The summed E-state index contributed by atoms with van der Waals surface area (Å²) < 4.78 is 0. The molecule has 1 aliphatic heterocycles. The molecule has 21 heavy (non-hydrogen) atoms. The van der Waals surface area contributed by atoms with E-state index in [4.69, 9.17) is 0 Å². The van der Waals surface area contributed by atoms with Gasteiger partial charge in [0, 0.05) is 24.3 Å². The van der Waals surface area contributed by atoms with Gasteiger partial charge < -0.3 is 10.2 Å². The Morgan fingerprint density at radius 3 is 2.71 bits per heavy atom. The van der Waals surface area contributed by atoms with Crippen molar-refractivity contribution in [2.45, 2.75) is 38.6 Å². The largest absolute Gasteiger partial charge is 0.353 e. The molecular formula is C15H22N4O2. The zero-order valence-electron chi connectivity index (χ0n) is 12.4. The topological polar surface area (TPSA) is 71.3 Å². The fourth-order valence-corrected chi connectivity index (χ4v) is 3.01. The zero-order chi connectivity index (χ0) is 14.8. The molecule has 2 fully saturated rings. The number of pyridine rings is 1. The first-order valence-corrected chi connectivity index (χ1v) is 7.73. The molecule has 0 amide bonds. The van der Waals surface area contributed by atoms with E-state index >= 15 is 0 Å². The number of nitrogens with zero attached hydrogens (tertiary/aromatic N) is 3. The maximum atomic E-state index is 11.1. The summed E-state index contributed by atoms with van der Waals surface area (Å²) in [7, 11) is 0. The number of anilines is 1. The molecule has 0 atom stereocenters. The molecule has 1 N–H and O–H groups in total. The van der Waals surface area contributed by atoms with Gasteiger partial charge in [0.2, 0.25) is 0 Å². The van der Waals surface area contributed by atoms with Crippen LogP contribution in [0.15, 0.2) is 12.3 Å². The normalized spacial score (nSPS) is 19.5.